The second kappa shape index (κ2) is 4.07. The van der Waals surface area contributed by atoms with Gasteiger partial charge in [-0.25, -0.2) is 4.79 Å². The fourth-order valence-corrected chi connectivity index (χ4v) is 0.577. The van der Waals surface area contributed by atoms with Gasteiger partial charge in [0.05, 0.1) is 18.1 Å². The summed E-state index contributed by atoms with van der Waals surface area (Å²) >= 11 is 0. The summed E-state index contributed by atoms with van der Waals surface area (Å²) in [6.07, 6.45) is -1.37. The molecule has 0 amide bonds. The van der Waals surface area contributed by atoms with Gasteiger partial charge in [0.1, 0.15) is 0 Å². The van der Waals surface area contributed by atoms with Crippen LogP contribution in [-0.4, -0.2) is 23.8 Å². The number of carbonyl (C=O) groups excluding carboxylic acids is 1. The van der Waals surface area contributed by atoms with Crippen LogP contribution in [0.4, 0.5) is 0 Å². The first-order valence-electron chi connectivity index (χ1n) is 3.71. The summed E-state index contributed by atoms with van der Waals surface area (Å²) < 4.78 is 4.55. The van der Waals surface area contributed by atoms with Crippen LogP contribution in [0.1, 0.15) is 20.8 Å². The predicted octanol–water partition coefficient (Wildman–Crippen LogP) is 0.460. The van der Waals surface area contributed by atoms with Gasteiger partial charge in [-0.05, 0) is 20.8 Å². The summed E-state index contributed by atoms with van der Waals surface area (Å²) in [6.45, 7) is 4.81. The van der Waals surface area contributed by atoms with Gasteiger partial charge in [0.15, 0.2) is 6.10 Å². The van der Waals surface area contributed by atoms with Crippen LogP contribution in [-0.2, 0) is 9.53 Å². The highest BCUT2D eigenvalue weighted by Gasteiger charge is 2.34. The normalized spacial score (nSPS) is 13.2. The highest BCUT2D eigenvalue weighted by molar-refractivity contribution is 5.75. The summed E-state index contributed by atoms with van der Waals surface area (Å²) in [7, 11) is 0. The molecule has 0 radical (unpaired) electrons. The van der Waals surface area contributed by atoms with E-state index in [2.05, 4.69) is 4.74 Å². The Balaban J connectivity index is 4.30. The molecule has 0 aliphatic rings. The predicted molar refractivity (Wildman–Crippen MR) is 42.0 cm³/mol. The molecule has 0 aromatic rings. The molecule has 0 spiro atoms. The Morgan fingerprint density at radius 2 is 2.25 bits per heavy atom. The van der Waals surface area contributed by atoms with Gasteiger partial charge in [0.25, 0.3) is 0 Å². The molecule has 0 saturated heterocycles. The molecule has 1 N–H and O–H groups in total. The molecule has 4 nitrogen and oxygen atoms in total. The van der Waals surface area contributed by atoms with Crippen molar-refractivity contribution < 1.29 is 14.6 Å². The van der Waals surface area contributed by atoms with Gasteiger partial charge in [0, 0.05) is 0 Å². The highest BCUT2D eigenvalue weighted by atomic mass is 16.5. The largest absolute Gasteiger partial charge is 0.464 e. The van der Waals surface area contributed by atoms with E-state index in [-0.39, 0.29) is 6.61 Å². The monoisotopic (exact) mass is 171 g/mol. The molecule has 0 fully saturated rings. The van der Waals surface area contributed by atoms with Crippen LogP contribution in [0.3, 0.4) is 0 Å². The third-order valence-electron chi connectivity index (χ3n) is 1.48. The molecule has 0 aliphatic carbocycles. The molecule has 0 heterocycles. The van der Waals surface area contributed by atoms with Crippen LogP contribution >= 0.6 is 0 Å². The molecule has 0 saturated carbocycles. The minimum absolute atomic E-state index is 0.206. The third-order valence-corrected chi connectivity index (χ3v) is 1.48. The molecule has 0 aliphatic heterocycles. The lowest BCUT2D eigenvalue weighted by Gasteiger charge is -2.20. The van der Waals surface area contributed by atoms with Gasteiger partial charge in [0.2, 0.25) is 0 Å². The zero-order chi connectivity index (χ0) is 9.78. The minimum atomic E-state index is -1.37. The van der Waals surface area contributed by atoms with Crippen LogP contribution in [0.15, 0.2) is 0 Å². The van der Waals surface area contributed by atoms with Gasteiger partial charge in [-0.1, -0.05) is 0 Å². The number of rotatable bonds is 3. The average Bonchev–Trinajstić information content (AvgIpc) is 2.03. The molecule has 12 heavy (non-hydrogen) atoms. The Morgan fingerprint density at radius 3 is 2.58 bits per heavy atom. The number of ether oxygens (including phenoxy) is 1. The Morgan fingerprint density at radius 1 is 1.75 bits per heavy atom. The first-order chi connectivity index (χ1) is 5.45. The summed E-state index contributed by atoms with van der Waals surface area (Å²) in [5, 5.41) is 17.8. The molecular weight excluding hydrogens is 158 g/mol. The van der Waals surface area contributed by atoms with E-state index in [4.69, 9.17) is 5.26 Å². The maximum absolute atomic E-state index is 10.9. The van der Waals surface area contributed by atoms with E-state index < -0.39 is 17.5 Å². The summed E-state index contributed by atoms with van der Waals surface area (Å²) in [4.78, 5) is 10.9. The van der Waals surface area contributed by atoms with Crippen molar-refractivity contribution in [2.24, 2.45) is 5.41 Å². The smallest absolute Gasteiger partial charge is 0.336 e. The van der Waals surface area contributed by atoms with E-state index in [1.807, 2.05) is 6.07 Å². The maximum atomic E-state index is 10.9. The third kappa shape index (κ3) is 2.51. The molecular formula is C8H13NO3. The van der Waals surface area contributed by atoms with Crippen molar-refractivity contribution in [3.05, 3.63) is 0 Å². The Bertz CT molecular complexity index is 205. The molecule has 1 atom stereocenters. The Kier molecular flexibility index (Phi) is 3.71. The van der Waals surface area contributed by atoms with Crippen molar-refractivity contribution in [1.29, 1.82) is 5.26 Å². The zero-order valence-corrected chi connectivity index (χ0v) is 7.50. The lowest BCUT2D eigenvalue weighted by atomic mass is 9.88. The molecule has 0 aromatic carbocycles. The van der Waals surface area contributed by atoms with Crippen molar-refractivity contribution in [1.82, 2.24) is 0 Å². The first kappa shape index (κ1) is 10.9. The topological polar surface area (TPSA) is 70.3 Å². The van der Waals surface area contributed by atoms with E-state index in [0.717, 1.165) is 0 Å². The van der Waals surface area contributed by atoms with Gasteiger partial charge in [-0.15, -0.1) is 0 Å². The number of carbonyl (C=O) groups is 1. The molecule has 0 rings (SSSR count). The number of aliphatic hydroxyl groups is 1. The van der Waals surface area contributed by atoms with Gasteiger partial charge < -0.3 is 9.84 Å². The number of nitriles is 1. The molecule has 4 heteroatoms. The van der Waals surface area contributed by atoms with E-state index in [9.17, 15) is 9.90 Å². The molecule has 1 unspecified atom stereocenters. The van der Waals surface area contributed by atoms with E-state index in [1.54, 1.807) is 6.92 Å². The van der Waals surface area contributed by atoms with Crippen LogP contribution < -0.4 is 0 Å². The fourth-order valence-electron chi connectivity index (χ4n) is 0.577. The van der Waals surface area contributed by atoms with Crippen LogP contribution in [0.5, 0.6) is 0 Å². The number of aliphatic hydroxyl groups excluding tert-OH is 1. The van der Waals surface area contributed by atoms with Crippen molar-refractivity contribution in [2.45, 2.75) is 26.9 Å². The van der Waals surface area contributed by atoms with Crippen LogP contribution in [0.2, 0.25) is 0 Å². The zero-order valence-electron chi connectivity index (χ0n) is 7.50. The maximum Gasteiger partial charge on any atom is 0.336 e. The summed E-state index contributed by atoms with van der Waals surface area (Å²) in [5.74, 6) is -0.746. The summed E-state index contributed by atoms with van der Waals surface area (Å²) in [6, 6.07) is 1.83. The van der Waals surface area contributed by atoms with E-state index >= 15 is 0 Å². The number of hydrogen-bond donors (Lipinski definition) is 1. The van der Waals surface area contributed by atoms with Crippen molar-refractivity contribution in [3.8, 4) is 6.07 Å². The second-order valence-corrected chi connectivity index (χ2v) is 2.99. The van der Waals surface area contributed by atoms with E-state index in [1.165, 1.54) is 13.8 Å². The quantitative estimate of drug-likeness (QED) is 0.626. The second-order valence-electron chi connectivity index (χ2n) is 2.99. The summed E-state index contributed by atoms with van der Waals surface area (Å²) in [5.41, 5.74) is -1.09. The fraction of sp³-hybridized carbons (Fsp3) is 0.750. The first-order valence-corrected chi connectivity index (χ1v) is 3.71. The van der Waals surface area contributed by atoms with Crippen molar-refractivity contribution in [3.63, 3.8) is 0 Å². The van der Waals surface area contributed by atoms with Crippen LogP contribution in [0.25, 0.3) is 0 Å². The minimum Gasteiger partial charge on any atom is -0.464 e. The van der Waals surface area contributed by atoms with Gasteiger partial charge >= 0.3 is 5.97 Å². The van der Waals surface area contributed by atoms with Gasteiger partial charge in [-0.3, -0.25) is 0 Å². The molecule has 68 valence electrons. The Labute approximate surface area is 71.8 Å². The molecule has 0 bridgehead atoms. The average molecular weight is 171 g/mol. The standard InChI is InChI=1S/C8H13NO3/c1-4-12-7(11)6(10)8(2,3)5-9/h6,10H,4H2,1-3H3. The lowest BCUT2D eigenvalue weighted by Crippen LogP contribution is -2.36. The number of esters is 1. The number of hydrogen-bond acceptors (Lipinski definition) is 4. The van der Waals surface area contributed by atoms with Crippen LogP contribution in [0, 0.1) is 16.7 Å². The number of nitrogens with zero attached hydrogens (tertiary/aromatic N) is 1. The molecule has 0 aromatic heterocycles. The van der Waals surface area contributed by atoms with Gasteiger partial charge in [-0.2, -0.15) is 5.26 Å². The highest BCUT2D eigenvalue weighted by Crippen LogP contribution is 2.19. The SMILES string of the molecule is CCOC(=O)C(O)C(C)(C)C#N. The van der Waals surface area contributed by atoms with E-state index in [0.29, 0.717) is 0 Å². The van der Waals surface area contributed by atoms with Crippen molar-refractivity contribution >= 4 is 5.97 Å². The van der Waals surface area contributed by atoms with Crippen molar-refractivity contribution in [2.75, 3.05) is 6.61 Å². The lowest BCUT2D eigenvalue weighted by molar-refractivity contribution is -0.157. The Hall–Kier alpha value is -1.08.